The van der Waals surface area contributed by atoms with Crippen molar-refractivity contribution in [1.29, 1.82) is 5.26 Å². The molecule has 0 aliphatic carbocycles. The van der Waals surface area contributed by atoms with Crippen molar-refractivity contribution < 1.29 is 8.78 Å². The Morgan fingerprint density at radius 3 is 2.46 bits per heavy atom. The SMILES string of the molecule is C[C@@H]1NC(c2cc(C#N)ccn2)=NC1(c1ccc(F)cc1)c1ccnc(F)c1. The van der Waals surface area contributed by atoms with Gasteiger partial charge in [-0.3, -0.25) is 4.98 Å². The van der Waals surface area contributed by atoms with Gasteiger partial charge in [0, 0.05) is 12.4 Å². The van der Waals surface area contributed by atoms with Gasteiger partial charge in [-0.05, 0) is 54.4 Å². The second-order valence-corrected chi connectivity index (χ2v) is 6.51. The van der Waals surface area contributed by atoms with Crippen molar-refractivity contribution in [3.63, 3.8) is 0 Å². The summed E-state index contributed by atoms with van der Waals surface area (Å²) < 4.78 is 27.5. The van der Waals surface area contributed by atoms with Crippen LogP contribution in [0.2, 0.25) is 0 Å². The van der Waals surface area contributed by atoms with Crippen LogP contribution in [0.25, 0.3) is 0 Å². The fourth-order valence-corrected chi connectivity index (χ4v) is 3.52. The van der Waals surface area contributed by atoms with Gasteiger partial charge in [0.1, 0.15) is 22.9 Å². The molecule has 7 heteroatoms. The van der Waals surface area contributed by atoms with E-state index in [2.05, 4.69) is 21.4 Å². The molecule has 0 saturated carbocycles. The zero-order chi connectivity index (χ0) is 19.7. The van der Waals surface area contributed by atoms with Gasteiger partial charge in [0.25, 0.3) is 0 Å². The Morgan fingerprint density at radius 1 is 1.00 bits per heavy atom. The maximum atomic E-state index is 13.9. The van der Waals surface area contributed by atoms with E-state index >= 15 is 0 Å². The first-order valence-electron chi connectivity index (χ1n) is 8.64. The number of amidine groups is 1. The van der Waals surface area contributed by atoms with Crippen LogP contribution in [0, 0.1) is 23.1 Å². The van der Waals surface area contributed by atoms with Crippen molar-refractivity contribution in [1.82, 2.24) is 15.3 Å². The lowest BCUT2D eigenvalue weighted by atomic mass is 9.79. The van der Waals surface area contributed by atoms with Crippen LogP contribution in [0.3, 0.4) is 0 Å². The molecule has 0 spiro atoms. The lowest BCUT2D eigenvalue weighted by Gasteiger charge is -2.31. The van der Waals surface area contributed by atoms with Crippen LogP contribution in [0.5, 0.6) is 0 Å². The number of hydrogen-bond acceptors (Lipinski definition) is 5. The molecule has 0 fully saturated rings. The monoisotopic (exact) mass is 375 g/mol. The van der Waals surface area contributed by atoms with Crippen molar-refractivity contribution >= 4 is 5.84 Å². The summed E-state index contributed by atoms with van der Waals surface area (Å²) in [5.41, 5.74) is 1.24. The highest BCUT2D eigenvalue weighted by Gasteiger charge is 2.45. The molecule has 4 rings (SSSR count). The van der Waals surface area contributed by atoms with E-state index in [0.717, 1.165) is 0 Å². The molecule has 3 heterocycles. The zero-order valence-electron chi connectivity index (χ0n) is 14.9. The smallest absolute Gasteiger partial charge is 0.213 e. The van der Waals surface area contributed by atoms with Crippen molar-refractivity contribution in [2.45, 2.75) is 18.5 Å². The van der Waals surface area contributed by atoms with E-state index in [-0.39, 0.29) is 11.9 Å². The molecule has 3 aromatic rings. The van der Waals surface area contributed by atoms with E-state index < -0.39 is 11.5 Å². The molecule has 0 radical (unpaired) electrons. The van der Waals surface area contributed by atoms with E-state index in [1.165, 1.54) is 30.6 Å². The summed E-state index contributed by atoms with van der Waals surface area (Å²) in [6.07, 6.45) is 2.91. The van der Waals surface area contributed by atoms with Crippen LogP contribution in [0.15, 0.2) is 65.9 Å². The van der Waals surface area contributed by atoms with E-state index in [0.29, 0.717) is 28.2 Å². The quantitative estimate of drug-likeness (QED) is 0.713. The Bertz CT molecular complexity index is 1100. The van der Waals surface area contributed by atoms with Gasteiger partial charge < -0.3 is 5.32 Å². The predicted molar refractivity (Wildman–Crippen MR) is 99.5 cm³/mol. The van der Waals surface area contributed by atoms with Crippen LogP contribution < -0.4 is 5.32 Å². The fraction of sp³-hybridized carbons (Fsp3) is 0.143. The summed E-state index contributed by atoms with van der Waals surface area (Å²) in [5.74, 6) is -0.517. The number of aliphatic imine (C=N–C) groups is 1. The van der Waals surface area contributed by atoms with Gasteiger partial charge in [-0.1, -0.05) is 12.1 Å². The molecule has 1 N–H and O–H groups in total. The summed E-state index contributed by atoms with van der Waals surface area (Å²) in [7, 11) is 0. The first-order valence-corrected chi connectivity index (χ1v) is 8.64. The number of nitrogens with one attached hydrogen (secondary N) is 1. The van der Waals surface area contributed by atoms with Gasteiger partial charge in [0.15, 0.2) is 0 Å². The number of nitriles is 1. The molecule has 1 aromatic carbocycles. The van der Waals surface area contributed by atoms with Crippen molar-refractivity contribution in [2.24, 2.45) is 4.99 Å². The summed E-state index contributed by atoms with van der Waals surface area (Å²) in [6.45, 7) is 1.91. The van der Waals surface area contributed by atoms with Crippen molar-refractivity contribution in [3.05, 3.63) is 95.1 Å². The molecule has 2 atom stereocenters. The second kappa shape index (κ2) is 6.82. The minimum atomic E-state index is -1.00. The Morgan fingerprint density at radius 2 is 1.75 bits per heavy atom. The Labute approximate surface area is 160 Å². The average Bonchev–Trinajstić information content (AvgIpc) is 3.07. The number of hydrogen-bond donors (Lipinski definition) is 1. The highest BCUT2D eigenvalue weighted by molar-refractivity contribution is 5.99. The van der Waals surface area contributed by atoms with E-state index in [4.69, 9.17) is 10.3 Å². The Balaban J connectivity index is 1.93. The molecule has 28 heavy (non-hydrogen) atoms. The van der Waals surface area contributed by atoms with Crippen LogP contribution >= 0.6 is 0 Å². The molecule has 0 saturated heterocycles. The Hall–Kier alpha value is -3.66. The predicted octanol–water partition coefficient (Wildman–Crippen LogP) is 3.31. The maximum Gasteiger partial charge on any atom is 0.213 e. The lowest BCUT2D eigenvalue weighted by Crippen LogP contribution is -2.41. The van der Waals surface area contributed by atoms with Crippen molar-refractivity contribution in [3.8, 4) is 6.07 Å². The molecule has 1 aliphatic rings. The number of pyridine rings is 2. The highest BCUT2D eigenvalue weighted by Crippen LogP contribution is 2.40. The largest absolute Gasteiger partial charge is 0.363 e. The molecule has 138 valence electrons. The molecular formula is C21H15F2N5. The van der Waals surface area contributed by atoms with Gasteiger partial charge in [-0.15, -0.1) is 0 Å². The number of benzene rings is 1. The van der Waals surface area contributed by atoms with E-state index in [9.17, 15) is 8.78 Å². The zero-order valence-corrected chi connectivity index (χ0v) is 14.9. The first-order chi connectivity index (χ1) is 13.5. The summed E-state index contributed by atoms with van der Waals surface area (Å²) in [5, 5.41) is 12.4. The normalized spacial score (nSPS) is 20.9. The van der Waals surface area contributed by atoms with Gasteiger partial charge in [-0.2, -0.15) is 9.65 Å². The van der Waals surface area contributed by atoms with Crippen LogP contribution in [-0.4, -0.2) is 21.8 Å². The minimum Gasteiger partial charge on any atom is -0.363 e. The molecule has 1 unspecified atom stereocenters. The van der Waals surface area contributed by atoms with Crippen LogP contribution in [0.4, 0.5) is 8.78 Å². The molecule has 1 aliphatic heterocycles. The third-order valence-corrected chi connectivity index (χ3v) is 4.85. The Kier molecular flexibility index (Phi) is 4.32. The summed E-state index contributed by atoms with van der Waals surface area (Å²) >= 11 is 0. The second-order valence-electron chi connectivity index (χ2n) is 6.51. The maximum absolute atomic E-state index is 13.9. The number of halogens is 2. The summed E-state index contributed by atoms with van der Waals surface area (Å²) in [6, 6.07) is 14.0. The fourth-order valence-electron chi connectivity index (χ4n) is 3.52. The summed E-state index contributed by atoms with van der Waals surface area (Å²) in [4.78, 5) is 12.8. The molecule has 2 aromatic heterocycles. The van der Waals surface area contributed by atoms with Gasteiger partial charge in [0.2, 0.25) is 5.95 Å². The first kappa shape index (κ1) is 17.7. The third-order valence-electron chi connectivity index (χ3n) is 4.85. The van der Waals surface area contributed by atoms with Gasteiger partial charge in [-0.25, -0.2) is 14.4 Å². The molecule has 5 nitrogen and oxygen atoms in total. The van der Waals surface area contributed by atoms with Gasteiger partial charge >= 0.3 is 0 Å². The number of aromatic nitrogens is 2. The van der Waals surface area contributed by atoms with Crippen LogP contribution in [0.1, 0.15) is 29.3 Å². The average molecular weight is 375 g/mol. The van der Waals surface area contributed by atoms with E-state index in [1.54, 1.807) is 30.3 Å². The number of nitrogens with zero attached hydrogens (tertiary/aromatic N) is 4. The molecule has 0 bridgehead atoms. The third kappa shape index (κ3) is 2.89. The number of rotatable bonds is 3. The molecular weight excluding hydrogens is 360 g/mol. The highest BCUT2D eigenvalue weighted by atomic mass is 19.1. The van der Waals surface area contributed by atoms with Crippen LogP contribution in [-0.2, 0) is 5.54 Å². The lowest BCUT2D eigenvalue weighted by molar-refractivity contribution is 0.448. The van der Waals surface area contributed by atoms with Gasteiger partial charge in [0.05, 0.1) is 17.7 Å². The standard InChI is InChI=1S/C21H15F2N5/c1-13-21(15-2-4-17(22)5-3-15,16-7-9-26-19(23)11-16)28-20(27-13)18-10-14(12-24)6-8-25-18/h2-11,13H,1H3,(H,27,28)/t13-,21?/m0/s1. The van der Waals surface area contributed by atoms with Crippen molar-refractivity contribution in [2.75, 3.05) is 0 Å². The minimum absolute atomic E-state index is 0.290. The topological polar surface area (TPSA) is 74.0 Å². The molecule has 0 amide bonds. The van der Waals surface area contributed by atoms with E-state index in [1.807, 2.05) is 6.92 Å².